The second-order valence-corrected chi connectivity index (χ2v) is 11.1. The number of fused-ring (bicyclic) bond motifs is 3. The molecule has 0 radical (unpaired) electrons. The predicted molar refractivity (Wildman–Crippen MR) is 158 cm³/mol. The van der Waals surface area contributed by atoms with Crippen molar-refractivity contribution in [1.82, 2.24) is 5.01 Å². The number of methoxy groups -OCH3 is 2. The van der Waals surface area contributed by atoms with Crippen molar-refractivity contribution in [2.45, 2.75) is 18.7 Å². The summed E-state index contributed by atoms with van der Waals surface area (Å²) in [7, 11) is 3.19. The Bertz CT molecular complexity index is 1610. The first kappa shape index (κ1) is 26.4. The summed E-state index contributed by atoms with van der Waals surface area (Å²) >= 11 is 7.20. The lowest BCUT2D eigenvalue weighted by Crippen LogP contribution is -2.33. The molecule has 9 heteroatoms. The molecule has 0 N–H and O–H groups in total. The van der Waals surface area contributed by atoms with E-state index in [-0.39, 0.29) is 6.04 Å². The summed E-state index contributed by atoms with van der Waals surface area (Å²) in [4.78, 5) is 12.8. The van der Waals surface area contributed by atoms with Gasteiger partial charge in [-0.1, -0.05) is 34.1 Å². The Morgan fingerprint density at radius 1 is 0.950 bits per heavy atom. The van der Waals surface area contributed by atoms with E-state index in [1.54, 1.807) is 38.5 Å². The fraction of sp³-hybridized carbons (Fsp3) is 0.161. The Balaban J connectivity index is 1.38. The standard InChI is InChI=1S/C31H24Br2N2O5/c1-37-22-11-8-18(9-12-22)25-17-26-23-16-21(32)10-13-27(23)39-30(35(26)34-25)20-14-24(33)29(28(15-20)38-2)40-31(36)19-6-4-3-5-7-19/h3-16,26,30H,17H2,1-2H3/t26-,30-/m1/s1. The highest BCUT2D eigenvalue weighted by Gasteiger charge is 2.41. The summed E-state index contributed by atoms with van der Waals surface area (Å²) in [5.41, 5.74) is 4.26. The molecule has 0 unspecified atom stereocenters. The zero-order valence-corrected chi connectivity index (χ0v) is 24.8. The highest BCUT2D eigenvalue weighted by Crippen LogP contribution is 2.50. The van der Waals surface area contributed by atoms with Crippen molar-refractivity contribution < 1.29 is 23.7 Å². The third kappa shape index (κ3) is 4.95. The first-order chi connectivity index (χ1) is 19.4. The van der Waals surface area contributed by atoms with Gasteiger partial charge in [-0.3, -0.25) is 0 Å². The van der Waals surface area contributed by atoms with E-state index < -0.39 is 12.2 Å². The zero-order chi connectivity index (χ0) is 27.8. The van der Waals surface area contributed by atoms with E-state index in [4.69, 9.17) is 24.0 Å². The van der Waals surface area contributed by atoms with Crippen molar-refractivity contribution in [1.29, 1.82) is 0 Å². The van der Waals surface area contributed by atoms with Gasteiger partial charge in [-0.2, -0.15) is 5.10 Å². The molecule has 0 saturated heterocycles. The maximum Gasteiger partial charge on any atom is 0.343 e. The molecule has 7 nitrogen and oxygen atoms in total. The number of hydrogen-bond acceptors (Lipinski definition) is 7. The number of rotatable bonds is 6. The number of carbonyl (C=O) groups excluding carboxylic acids is 1. The van der Waals surface area contributed by atoms with Gasteiger partial charge >= 0.3 is 5.97 Å². The molecule has 2 atom stereocenters. The summed E-state index contributed by atoms with van der Waals surface area (Å²) in [5, 5.41) is 7.04. The van der Waals surface area contributed by atoms with Crippen LogP contribution in [0.2, 0.25) is 0 Å². The Kier molecular flexibility index (Phi) is 7.25. The van der Waals surface area contributed by atoms with Gasteiger partial charge < -0.3 is 18.9 Å². The lowest BCUT2D eigenvalue weighted by atomic mass is 9.96. The second-order valence-electron chi connectivity index (χ2n) is 9.32. The van der Waals surface area contributed by atoms with Crippen LogP contribution in [0.25, 0.3) is 0 Å². The molecule has 0 fully saturated rings. The summed E-state index contributed by atoms with van der Waals surface area (Å²) in [6.45, 7) is 0. The average Bonchev–Trinajstić information content (AvgIpc) is 3.44. The first-order valence-corrected chi connectivity index (χ1v) is 14.1. The fourth-order valence-electron chi connectivity index (χ4n) is 4.94. The van der Waals surface area contributed by atoms with Crippen LogP contribution in [0.5, 0.6) is 23.0 Å². The molecule has 6 rings (SSSR count). The normalized spacial score (nSPS) is 17.3. The van der Waals surface area contributed by atoms with Gasteiger partial charge in [0.25, 0.3) is 0 Å². The van der Waals surface area contributed by atoms with E-state index in [2.05, 4.69) is 37.9 Å². The first-order valence-electron chi connectivity index (χ1n) is 12.6. The van der Waals surface area contributed by atoms with Crippen LogP contribution in [0, 0.1) is 0 Å². The van der Waals surface area contributed by atoms with E-state index in [1.165, 1.54) is 0 Å². The van der Waals surface area contributed by atoms with Crippen LogP contribution in [0.3, 0.4) is 0 Å². The third-order valence-electron chi connectivity index (χ3n) is 6.92. The fourth-order valence-corrected chi connectivity index (χ4v) is 5.86. The SMILES string of the molecule is COc1ccc(C2=NN3[C@H](C2)c2cc(Br)ccc2O[C@@H]3c2cc(Br)c(OC(=O)c3ccccc3)c(OC)c2)cc1. The monoisotopic (exact) mass is 662 g/mol. The Labute approximate surface area is 248 Å². The van der Waals surface area contributed by atoms with Crippen molar-refractivity contribution in [2.24, 2.45) is 5.10 Å². The van der Waals surface area contributed by atoms with Crippen LogP contribution in [0.1, 0.15) is 45.7 Å². The van der Waals surface area contributed by atoms with E-state index in [1.807, 2.05) is 59.6 Å². The lowest BCUT2D eigenvalue weighted by Gasteiger charge is -2.38. The maximum atomic E-state index is 12.8. The van der Waals surface area contributed by atoms with E-state index in [0.717, 1.165) is 38.4 Å². The molecule has 2 aliphatic rings. The topological polar surface area (TPSA) is 69.6 Å². The van der Waals surface area contributed by atoms with Crippen molar-refractivity contribution in [2.75, 3.05) is 14.2 Å². The number of halogens is 2. The van der Waals surface area contributed by atoms with Gasteiger partial charge in [0, 0.05) is 22.0 Å². The highest BCUT2D eigenvalue weighted by atomic mass is 79.9. The van der Waals surface area contributed by atoms with Gasteiger partial charge in [-0.15, -0.1) is 0 Å². The van der Waals surface area contributed by atoms with Gasteiger partial charge in [0.05, 0.1) is 36.0 Å². The molecule has 0 saturated carbocycles. The molecule has 0 spiro atoms. The number of carbonyl (C=O) groups is 1. The molecular formula is C31H24Br2N2O5. The lowest BCUT2D eigenvalue weighted by molar-refractivity contribution is -0.0192. The molecule has 2 aliphatic heterocycles. The Morgan fingerprint density at radius 2 is 1.73 bits per heavy atom. The van der Waals surface area contributed by atoms with Crippen LogP contribution < -0.4 is 18.9 Å². The van der Waals surface area contributed by atoms with Gasteiger partial charge in [-0.25, -0.2) is 9.80 Å². The molecule has 0 aliphatic carbocycles. The van der Waals surface area contributed by atoms with Crippen molar-refractivity contribution in [3.05, 3.63) is 116 Å². The molecule has 2 heterocycles. The molecular weight excluding hydrogens is 640 g/mol. The minimum atomic E-state index is -0.543. The summed E-state index contributed by atoms with van der Waals surface area (Å²) in [5.74, 6) is 1.79. The maximum absolute atomic E-state index is 12.8. The summed E-state index contributed by atoms with van der Waals surface area (Å²) in [6.07, 6.45) is 0.166. The van der Waals surface area contributed by atoms with Crippen molar-refractivity contribution >= 4 is 43.5 Å². The van der Waals surface area contributed by atoms with Crippen molar-refractivity contribution in [3.8, 4) is 23.0 Å². The van der Waals surface area contributed by atoms with Crippen LogP contribution in [-0.4, -0.2) is 30.9 Å². The number of hydrogen-bond donors (Lipinski definition) is 0. The molecule has 202 valence electrons. The van der Waals surface area contributed by atoms with E-state index >= 15 is 0 Å². The molecule has 4 aromatic carbocycles. The Morgan fingerprint density at radius 3 is 2.45 bits per heavy atom. The minimum Gasteiger partial charge on any atom is -0.497 e. The quantitative estimate of drug-likeness (QED) is 0.156. The Hall–Kier alpha value is -3.82. The molecule has 0 amide bonds. The van der Waals surface area contributed by atoms with Gasteiger partial charge in [0.2, 0.25) is 6.23 Å². The van der Waals surface area contributed by atoms with E-state index in [0.29, 0.717) is 28.0 Å². The average molecular weight is 664 g/mol. The minimum absolute atomic E-state index is 0.0382. The molecule has 0 bridgehead atoms. The highest BCUT2D eigenvalue weighted by molar-refractivity contribution is 9.10. The molecule has 40 heavy (non-hydrogen) atoms. The number of esters is 1. The largest absolute Gasteiger partial charge is 0.497 e. The van der Waals surface area contributed by atoms with Gasteiger partial charge in [-0.05, 0) is 88.2 Å². The number of nitrogens with zero attached hydrogens (tertiary/aromatic N) is 2. The second kappa shape index (κ2) is 11.0. The van der Waals surface area contributed by atoms with Crippen LogP contribution in [0.15, 0.2) is 99.0 Å². The molecule has 0 aromatic heterocycles. The van der Waals surface area contributed by atoms with Crippen molar-refractivity contribution in [3.63, 3.8) is 0 Å². The molecule has 4 aromatic rings. The van der Waals surface area contributed by atoms with Crippen LogP contribution >= 0.6 is 31.9 Å². The third-order valence-corrected chi connectivity index (χ3v) is 8.00. The van der Waals surface area contributed by atoms with Crippen LogP contribution in [-0.2, 0) is 0 Å². The number of hydrazone groups is 1. The zero-order valence-electron chi connectivity index (χ0n) is 21.6. The van der Waals surface area contributed by atoms with Crippen LogP contribution in [0.4, 0.5) is 0 Å². The van der Waals surface area contributed by atoms with Gasteiger partial charge in [0.15, 0.2) is 11.5 Å². The smallest absolute Gasteiger partial charge is 0.343 e. The number of ether oxygens (including phenoxy) is 4. The van der Waals surface area contributed by atoms with Gasteiger partial charge in [0.1, 0.15) is 11.5 Å². The predicted octanol–water partition coefficient (Wildman–Crippen LogP) is 7.69. The number of benzene rings is 4. The summed E-state index contributed by atoms with van der Waals surface area (Å²) < 4.78 is 24.8. The summed E-state index contributed by atoms with van der Waals surface area (Å²) in [6, 6.07) is 26.4. The van der Waals surface area contributed by atoms with E-state index in [9.17, 15) is 4.79 Å².